The molecule has 0 saturated heterocycles. The van der Waals surface area contributed by atoms with Crippen molar-refractivity contribution in [2.75, 3.05) is 13.7 Å². The Balaban J connectivity index is 1.74. The quantitative estimate of drug-likeness (QED) is 0.888. The van der Waals surface area contributed by atoms with Gasteiger partial charge in [0.05, 0.1) is 18.5 Å². The number of ether oxygens (including phenoxy) is 1. The maximum Gasteiger partial charge on any atom is 0.224 e. The first-order valence-electron chi connectivity index (χ1n) is 6.48. The average Bonchev–Trinajstić information content (AvgIpc) is 2.85. The van der Waals surface area contributed by atoms with E-state index in [1.807, 2.05) is 37.4 Å². The molecular formula is C15H18N2O2S. The molecule has 5 heteroatoms. The van der Waals surface area contributed by atoms with E-state index in [-0.39, 0.29) is 5.91 Å². The maximum absolute atomic E-state index is 11.8. The van der Waals surface area contributed by atoms with Gasteiger partial charge in [0.2, 0.25) is 5.91 Å². The summed E-state index contributed by atoms with van der Waals surface area (Å²) in [6.45, 7) is 2.66. The van der Waals surface area contributed by atoms with Crippen LogP contribution in [0.15, 0.2) is 30.5 Å². The van der Waals surface area contributed by atoms with Crippen molar-refractivity contribution < 1.29 is 9.53 Å². The highest BCUT2D eigenvalue weighted by Gasteiger charge is 2.04. The van der Waals surface area contributed by atoms with Crippen molar-refractivity contribution >= 4 is 17.2 Å². The zero-order chi connectivity index (χ0) is 14.4. The van der Waals surface area contributed by atoms with Crippen molar-refractivity contribution in [1.29, 1.82) is 0 Å². The lowest BCUT2D eigenvalue weighted by atomic mass is 10.1. The predicted molar refractivity (Wildman–Crippen MR) is 80.3 cm³/mol. The van der Waals surface area contributed by atoms with Gasteiger partial charge >= 0.3 is 0 Å². The summed E-state index contributed by atoms with van der Waals surface area (Å²) in [5, 5.41) is 3.98. The third-order valence-electron chi connectivity index (χ3n) is 2.85. The van der Waals surface area contributed by atoms with E-state index < -0.39 is 0 Å². The van der Waals surface area contributed by atoms with E-state index in [0.717, 1.165) is 22.7 Å². The highest BCUT2D eigenvalue weighted by molar-refractivity contribution is 7.11. The summed E-state index contributed by atoms with van der Waals surface area (Å²) in [6.07, 6.45) is 3.03. The largest absolute Gasteiger partial charge is 0.497 e. The number of hydrogen-bond donors (Lipinski definition) is 1. The molecular weight excluding hydrogens is 272 g/mol. The van der Waals surface area contributed by atoms with Gasteiger partial charge in [-0.3, -0.25) is 4.79 Å². The first kappa shape index (κ1) is 14.5. The molecule has 4 nitrogen and oxygen atoms in total. The Morgan fingerprint density at radius 1 is 1.35 bits per heavy atom. The van der Waals surface area contributed by atoms with Crippen molar-refractivity contribution in [3.05, 3.63) is 45.9 Å². The van der Waals surface area contributed by atoms with E-state index in [4.69, 9.17) is 4.74 Å². The minimum atomic E-state index is 0.0310. The number of nitrogens with zero attached hydrogens (tertiary/aromatic N) is 1. The molecule has 0 fully saturated rings. The molecule has 2 rings (SSSR count). The molecule has 0 bridgehead atoms. The zero-order valence-electron chi connectivity index (χ0n) is 11.7. The fourth-order valence-corrected chi connectivity index (χ4v) is 2.60. The Bertz CT molecular complexity index is 564. The van der Waals surface area contributed by atoms with Gasteiger partial charge in [-0.05, 0) is 24.6 Å². The first-order valence-corrected chi connectivity index (χ1v) is 7.30. The summed E-state index contributed by atoms with van der Waals surface area (Å²) in [7, 11) is 1.63. The predicted octanol–water partition coefficient (Wildman–Crippen LogP) is 2.36. The van der Waals surface area contributed by atoms with Gasteiger partial charge in [0.25, 0.3) is 0 Å². The van der Waals surface area contributed by atoms with Gasteiger partial charge < -0.3 is 10.1 Å². The fourth-order valence-electron chi connectivity index (χ4n) is 1.82. The maximum atomic E-state index is 11.8. The lowest BCUT2D eigenvalue weighted by molar-refractivity contribution is -0.120. The van der Waals surface area contributed by atoms with Crippen LogP contribution in [0.4, 0.5) is 0 Å². The topological polar surface area (TPSA) is 51.2 Å². The van der Waals surface area contributed by atoms with Crippen LogP contribution in [-0.4, -0.2) is 24.5 Å². The Morgan fingerprint density at radius 2 is 2.10 bits per heavy atom. The molecule has 0 aliphatic heterocycles. The number of rotatable bonds is 6. The van der Waals surface area contributed by atoms with Crippen LogP contribution >= 0.6 is 11.3 Å². The number of methoxy groups -OCH3 is 1. The molecule has 106 valence electrons. The third-order valence-corrected chi connectivity index (χ3v) is 3.83. The standard InChI is InChI=1S/C15H18N2O2S/c1-11-10-17-15(20-11)7-8-16-14(18)9-12-3-5-13(19-2)6-4-12/h3-6,10H,7-9H2,1-2H3,(H,16,18). The molecule has 20 heavy (non-hydrogen) atoms. The van der Waals surface area contributed by atoms with Crippen molar-refractivity contribution in [2.45, 2.75) is 19.8 Å². The highest BCUT2D eigenvalue weighted by Crippen LogP contribution is 2.12. The van der Waals surface area contributed by atoms with Crippen LogP contribution in [0.2, 0.25) is 0 Å². The van der Waals surface area contributed by atoms with Gasteiger partial charge in [0, 0.05) is 24.0 Å². The minimum absolute atomic E-state index is 0.0310. The molecule has 0 radical (unpaired) electrons. The van der Waals surface area contributed by atoms with E-state index >= 15 is 0 Å². The normalized spacial score (nSPS) is 10.3. The lowest BCUT2D eigenvalue weighted by Gasteiger charge is -2.05. The van der Waals surface area contributed by atoms with Crippen LogP contribution in [0.5, 0.6) is 5.75 Å². The Morgan fingerprint density at radius 3 is 2.70 bits per heavy atom. The van der Waals surface area contributed by atoms with Gasteiger partial charge in [-0.2, -0.15) is 0 Å². The van der Waals surface area contributed by atoms with E-state index in [2.05, 4.69) is 10.3 Å². The van der Waals surface area contributed by atoms with Gasteiger partial charge in [0.15, 0.2) is 0 Å². The molecule has 1 heterocycles. The van der Waals surface area contributed by atoms with Crippen LogP contribution in [0.25, 0.3) is 0 Å². The Hall–Kier alpha value is -1.88. The number of aromatic nitrogens is 1. The second kappa shape index (κ2) is 7.05. The van der Waals surface area contributed by atoms with E-state index in [0.29, 0.717) is 13.0 Å². The third kappa shape index (κ3) is 4.35. The van der Waals surface area contributed by atoms with Gasteiger partial charge in [-0.1, -0.05) is 12.1 Å². The number of carbonyl (C=O) groups excluding carboxylic acids is 1. The van der Waals surface area contributed by atoms with E-state index in [9.17, 15) is 4.79 Å². The fraction of sp³-hybridized carbons (Fsp3) is 0.333. The van der Waals surface area contributed by atoms with Gasteiger partial charge in [-0.25, -0.2) is 4.98 Å². The van der Waals surface area contributed by atoms with Crippen LogP contribution in [-0.2, 0) is 17.6 Å². The molecule has 0 saturated carbocycles. The zero-order valence-corrected chi connectivity index (χ0v) is 12.5. The summed E-state index contributed by atoms with van der Waals surface area (Å²) < 4.78 is 5.08. The molecule has 1 amide bonds. The van der Waals surface area contributed by atoms with Crippen molar-refractivity contribution in [2.24, 2.45) is 0 Å². The Labute approximate surface area is 122 Å². The van der Waals surface area contributed by atoms with Crippen molar-refractivity contribution in [1.82, 2.24) is 10.3 Å². The first-order chi connectivity index (χ1) is 9.67. The lowest BCUT2D eigenvalue weighted by Crippen LogP contribution is -2.27. The monoisotopic (exact) mass is 290 g/mol. The molecule has 0 spiro atoms. The summed E-state index contributed by atoms with van der Waals surface area (Å²) in [5.41, 5.74) is 0.980. The summed E-state index contributed by atoms with van der Waals surface area (Å²) >= 11 is 1.67. The summed E-state index contributed by atoms with van der Waals surface area (Å²) in [5.74, 6) is 0.830. The highest BCUT2D eigenvalue weighted by atomic mass is 32.1. The van der Waals surface area contributed by atoms with Crippen molar-refractivity contribution in [3.63, 3.8) is 0 Å². The molecule has 1 aromatic heterocycles. The second-order valence-electron chi connectivity index (χ2n) is 4.49. The van der Waals surface area contributed by atoms with Gasteiger partial charge in [0.1, 0.15) is 5.75 Å². The molecule has 0 aliphatic carbocycles. The molecule has 2 aromatic rings. The molecule has 0 unspecified atom stereocenters. The number of thiazole rings is 1. The Kier molecular flexibility index (Phi) is 5.12. The average molecular weight is 290 g/mol. The molecule has 1 N–H and O–H groups in total. The van der Waals surface area contributed by atoms with E-state index in [1.165, 1.54) is 4.88 Å². The summed E-state index contributed by atoms with van der Waals surface area (Å²) in [6, 6.07) is 7.53. The van der Waals surface area contributed by atoms with Crippen LogP contribution < -0.4 is 10.1 Å². The van der Waals surface area contributed by atoms with Gasteiger partial charge in [-0.15, -0.1) is 11.3 Å². The molecule has 0 aliphatic rings. The van der Waals surface area contributed by atoms with Crippen LogP contribution in [0.3, 0.4) is 0 Å². The SMILES string of the molecule is COc1ccc(CC(=O)NCCc2ncc(C)s2)cc1. The smallest absolute Gasteiger partial charge is 0.224 e. The van der Waals surface area contributed by atoms with E-state index in [1.54, 1.807) is 18.4 Å². The number of nitrogens with one attached hydrogen (secondary N) is 1. The summed E-state index contributed by atoms with van der Waals surface area (Å²) in [4.78, 5) is 17.3. The number of amides is 1. The van der Waals surface area contributed by atoms with Crippen LogP contribution in [0.1, 0.15) is 15.4 Å². The molecule has 1 aromatic carbocycles. The van der Waals surface area contributed by atoms with Crippen LogP contribution in [0, 0.1) is 6.92 Å². The number of carbonyl (C=O) groups is 1. The molecule has 0 atom stereocenters. The number of hydrogen-bond acceptors (Lipinski definition) is 4. The second-order valence-corrected chi connectivity index (χ2v) is 5.81. The minimum Gasteiger partial charge on any atom is -0.497 e. The number of benzene rings is 1. The van der Waals surface area contributed by atoms with Crippen molar-refractivity contribution in [3.8, 4) is 5.75 Å². The number of aryl methyl sites for hydroxylation is 1.